The first-order valence-electron chi connectivity index (χ1n) is 12.8. The molecule has 0 radical (unpaired) electrons. The van der Waals surface area contributed by atoms with E-state index in [1.165, 1.54) is 18.1 Å². The third-order valence-corrected chi connectivity index (χ3v) is 8.33. The Morgan fingerprint density at radius 1 is 0.975 bits per heavy atom. The molecule has 0 bridgehead atoms. The summed E-state index contributed by atoms with van der Waals surface area (Å²) in [5, 5.41) is 9.18. The van der Waals surface area contributed by atoms with Gasteiger partial charge in [0, 0.05) is 30.6 Å². The molecule has 0 amide bonds. The fourth-order valence-electron chi connectivity index (χ4n) is 5.82. The number of methoxy groups -OCH3 is 1. The molecule has 2 aromatic heterocycles. The number of piperidine rings is 1. The van der Waals surface area contributed by atoms with Crippen LogP contribution in [0.3, 0.4) is 0 Å². The molecule has 1 saturated heterocycles. The number of alkyl halides is 6. The Balaban J connectivity index is 1.30. The minimum Gasteiger partial charge on any atom is -0.493 e. The number of hydrogen-bond acceptors (Lipinski definition) is 6. The molecule has 1 aromatic carbocycles. The smallest absolute Gasteiger partial charge is 0.433 e. The van der Waals surface area contributed by atoms with Crippen LogP contribution in [-0.2, 0) is 19.3 Å². The molecule has 1 aliphatic carbocycles. The number of rotatable bonds is 4. The molecule has 0 spiro atoms. The molecule has 1 saturated carbocycles. The van der Waals surface area contributed by atoms with Crippen molar-refractivity contribution >= 4 is 17.4 Å². The molecule has 14 heteroatoms. The van der Waals surface area contributed by atoms with Crippen LogP contribution in [0.2, 0.25) is 5.02 Å². The maximum Gasteiger partial charge on any atom is 0.433 e. The summed E-state index contributed by atoms with van der Waals surface area (Å²) in [6.45, 7) is 0.809. The van der Waals surface area contributed by atoms with Gasteiger partial charge in [0.05, 0.1) is 19.3 Å². The van der Waals surface area contributed by atoms with Crippen LogP contribution in [0.1, 0.15) is 54.5 Å². The highest BCUT2D eigenvalue weighted by Gasteiger charge is 2.66. The molecule has 214 valence electrons. The number of benzene rings is 1. The Morgan fingerprint density at radius 3 is 2.33 bits per heavy atom. The van der Waals surface area contributed by atoms with Gasteiger partial charge >= 0.3 is 12.4 Å². The van der Waals surface area contributed by atoms with Crippen molar-refractivity contribution in [3.8, 4) is 11.4 Å². The molecule has 0 N–H and O–H groups in total. The highest BCUT2D eigenvalue weighted by atomic mass is 35.5. The number of anilines is 1. The van der Waals surface area contributed by atoms with Crippen molar-refractivity contribution < 1.29 is 31.1 Å². The lowest BCUT2D eigenvalue weighted by Crippen LogP contribution is -2.47. The first-order chi connectivity index (χ1) is 18.9. The molecule has 4 heterocycles. The molecule has 3 aromatic rings. The Bertz CT molecular complexity index is 1430. The molecule has 6 rings (SSSR count). The van der Waals surface area contributed by atoms with Gasteiger partial charge in [0.1, 0.15) is 17.1 Å². The second kappa shape index (κ2) is 9.51. The van der Waals surface area contributed by atoms with Crippen molar-refractivity contribution in [3.05, 3.63) is 58.3 Å². The zero-order chi connectivity index (χ0) is 28.4. The van der Waals surface area contributed by atoms with E-state index in [9.17, 15) is 26.3 Å². The zero-order valence-electron chi connectivity index (χ0n) is 21.4. The van der Waals surface area contributed by atoms with Crippen molar-refractivity contribution in [1.82, 2.24) is 24.6 Å². The van der Waals surface area contributed by atoms with Gasteiger partial charge in [0.25, 0.3) is 0 Å². The van der Waals surface area contributed by atoms with E-state index in [1.54, 1.807) is 23.1 Å². The minimum absolute atomic E-state index is 0.0248. The van der Waals surface area contributed by atoms with Crippen molar-refractivity contribution in [1.29, 1.82) is 0 Å². The lowest BCUT2D eigenvalue weighted by molar-refractivity contribution is -0.200. The minimum atomic E-state index is -4.59. The molecule has 40 heavy (non-hydrogen) atoms. The first kappa shape index (κ1) is 27.1. The number of aromatic nitrogens is 4. The lowest BCUT2D eigenvalue weighted by atomic mass is 9.95. The van der Waals surface area contributed by atoms with E-state index in [4.69, 9.17) is 16.3 Å². The Kier molecular flexibility index (Phi) is 6.45. The van der Waals surface area contributed by atoms with Gasteiger partial charge in [-0.25, -0.2) is 4.98 Å². The first-order valence-corrected chi connectivity index (χ1v) is 13.2. The van der Waals surface area contributed by atoms with Gasteiger partial charge in [-0.1, -0.05) is 11.6 Å². The largest absolute Gasteiger partial charge is 0.493 e. The van der Waals surface area contributed by atoms with Gasteiger partial charge in [0.15, 0.2) is 17.4 Å². The predicted molar refractivity (Wildman–Crippen MR) is 134 cm³/mol. The summed E-state index contributed by atoms with van der Waals surface area (Å²) < 4.78 is 89.3. The topological polar surface area (TPSA) is 59.3 Å². The molecule has 7 nitrogen and oxygen atoms in total. The quantitative estimate of drug-likeness (QED) is 0.343. The van der Waals surface area contributed by atoms with Crippen LogP contribution >= 0.6 is 11.6 Å². The lowest BCUT2D eigenvalue weighted by Gasteiger charge is -2.33. The van der Waals surface area contributed by atoms with Gasteiger partial charge < -0.3 is 9.64 Å². The number of pyridine rings is 1. The van der Waals surface area contributed by atoms with Crippen LogP contribution in [0, 0.1) is 0 Å². The van der Waals surface area contributed by atoms with E-state index in [-0.39, 0.29) is 43.4 Å². The molecule has 0 atom stereocenters. The Morgan fingerprint density at radius 2 is 1.70 bits per heavy atom. The van der Waals surface area contributed by atoms with Crippen molar-refractivity contribution in [2.24, 2.45) is 0 Å². The van der Waals surface area contributed by atoms with Crippen LogP contribution in [-0.4, -0.2) is 56.6 Å². The third kappa shape index (κ3) is 4.56. The number of hydrogen-bond donors (Lipinski definition) is 0. The average molecular weight is 587 g/mol. The SMILES string of the molecule is COc1ccc(C(F)(F)F)nc1N1CCC(c2nnc3n2-c2ccc(Cl)cc2CN(C2(C(F)(F)F)CC2)C3)CC1. The Hall–Kier alpha value is -3.06. The molecule has 0 unspecified atom stereocenters. The summed E-state index contributed by atoms with van der Waals surface area (Å²) in [4.78, 5) is 7.01. The van der Waals surface area contributed by atoms with Crippen molar-refractivity contribution in [2.45, 2.75) is 62.6 Å². The van der Waals surface area contributed by atoms with Gasteiger partial charge in [-0.3, -0.25) is 9.47 Å². The molecular weight excluding hydrogens is 562 g/mol. The van der Waals surface area contributed by atoms with Crippen LogP contribution in [0.5, 0.6) is 5.75 Å². The van der Waals surface area contributed by atoms with E-state index in [0.29, 0.717) is 53.9 Å². The van der Waals surface area contributed by atoms with Crippen molar-refractivity contribution in [2.75, 3.05) is 25.1 Å². The molecule has 2 fully saturated rings. The van der Waals surface area contributed by atoms with E-state index >= 15 is 0 Å². The summed E-state index contributed by atoms with van der Waals surface area (Å²) in [6.07, 6.45) is -7.86. The highest BCUT2D eigenvalue weighted by Crippen LogP contribution is 2.55. The second-order valence-electron chi connectivity index (χ2n) is 10.4. The predicted octanol–water partition coefficient (Wildman–Crippen LogP) is 6.14. The summed E-state index contributed by atoms with van der Waals surface area (Å²) in [6, 6.07) is 7.30. The highest BCUT2D eigenvalue weighted by molar-refractivity contribution is 6.30. The summed E-state index contributed by atoms with van der Waals surface area (Å²) in [7, 11) is 1.38. The molecular formula is C26H25ClF6N6O. The fourth-order valence-corrected chi connectivity index (χ4v) is 6.01. The number of fused-ring (bicyclic) bond motifs is 3. The number of ether oxygens (including phenoxy) is 1. The van der Waals surface area contributed by atoms with E-state index in [0.717, 1.165) is 6.07 Å². The number of halogens is 7. The molecule has 2 aliphatic heterocycles. The van der Waals surface area contributed by atoms with E-state index < -0.39 is 23.6 Å². The zero-order valence-corrected chi connectivity index (χ0v) is 22.1. The average Bonchev–Trinajstić information content (AvgIpc) is 3.66. The van der Waals surface area contributed by atoms with Crippen LogP contribution in [0.4, 0.5) is 32.2 Å². The van der Waals surface area contributed by atoms with E-state index in [1.807, 2.05) is 4.57 Å². The van der Waals surface area contributed by atoms with Crippen LogP contribution < -0.4 is 9.64 Å². The Labute approximate surface area is 230 Å². The van der Waals surface area contributed by atoms with Gasteiger partial charge in [-0.05, 0) is 61.6 Å². The monoisotopic (exact) mass is 586 g/mol. The fraction of sp³-hybridized carbons (Fsp3) is 0.500. The third-order valence-electron chi connectivity index (χ3n) is 8.10. The number of nitrogens with zero attached hydrogens (tertiary/aromatic N) is 6. The van der Waals surface area contributed by atoms with Gasteiger partial charge in [-0.2, -0.15) is 26.3 Å². The summed E-state index contributed by atoms with van der Waals surface area (Å²) >= 11 is 6.25. The van der Waals surface area contributed by atoms with E-state index in [2.05, 4.69) is 15.2 Å². The molecule has 3 aliphatic rings. The van der Waals surface area contributed by atoms with Gasteiger partial charge in [0.2, 0.25) is 0 Å². The normalized spacial score (nSPS) is 19.6. The standard InChI is InChI=1S/C26H25ClF6N6O/c1-40-19-4-5-20(25(28,29)30)34-23(19)37-10-6-15(7-11-37)22-36-35-21-14-38(24(8-9-24)26(31,32)33)13-16-12-17(27)2-3-18(16)39(21)22/h2-5,12,15H,6-11,13-14H2,1H3. The maximum absolute atomic E-state index is 14.1. The summed E-state index contributed by atoms with van der Waals surface area (Å²) in [5.41, 5.74) is -1.56. The van der Waals surface area contributed by atoms with Crippen LogP contribution in [0.15, 0.2) is 30.3 Å². The maximum atomic E-state index is 14.1. The van der Waals surface area contributed by atoms with Crippen molar-refractivity contribution in [3.63, 3.8) is 0 Å². The van der Waals surface area contributed by atoms with Crippen LogP contribution in [0.25, 0.3) is 5.69 Å². The summed E-state index contributed by atoms with van der Waals surface area (Å²) in [5.74, 6) is 1.26. The van der Waals surface area contributed by atoms with Gasteiger partial charge in [-0.15, -0.1) is 10.2 Å². The second-order valence-corrected chi connectivity index (χ2v) is 10.9.